The molecule has 0 bridgehead atoms. The van der Waals surface area contributed by atoms with Gasteiger partial charge in [0.1, 0.15) is 0 Å². The van der Waals surface area contributed by atoms with Gasteiger partial charge in [0.2, 0.25) is 0 Å². The summed E-state index contributed by atoms with van der Waals surface area (Å²) in [4.78, 5) is 8.42. The second-order valence-corrected chi connectivity index (χ2v) is 3.88. The minimum Gasteiger partial charge on any atom is -0.313 e. The molecule has 0 aliphatic carbocycles. The maximum absolute atomic E-state index is 4.21. The predicted molar refractivity (Wildman–Crippen MR) is 60.4 cm³/mol. The zero-order chi connectivity index (χ0) is 10.2. The highest BCUT2D eigenvalue weighted by Gasteiger charge is 1.95. The van der Waals surface area contributed by atoms with E-state index in [1.165, 1.54) is 12.8 Å². The molecule has 0 saturated heterocycles. The first-order valence-corrected chi connectivity index (χ1v) is 6.15. The third-order valence-electron chi connectivity index (χ3n) is 1.90. The second kappa shape index (κ2) is 6.79. The zero-order valence-corrected chi connectivity index (χ0v) is 9.60. The van der Waals surface area contributed by atoms with Gasteiger partial charge in [0.05, 0.1) is 0 Å². The smallest absolute Gasteiger partial charge is 0.187 e. The number of hydrogen-bond acceptors (Lipinski definition) is 4. The first kappa shape index (κ1) is 11.5. The van der Waals surface area contributed by atoms with E-state index in [1.54, 1.807) is 11.8 Å². The van der Waals surface area contributed by atoms with Gasteiger partial charge in [-0.05, 0) is 19.2 Å². The van der Waals surface area contributed by atoms with Crippen LogP contribution in [0.4, 0.5) is 0 Å². The quantitative estimate of drug-likeness (QED) is 0.444. The SMILES string of the molecule is CCCCNCc1cnc(SC)nc1. The minimum atomic E-state index is 0.835. The fraction of sp³-hybridized carbons (Fsp3) is 0.600. The third kappa shape index (κ3) is 4.07. The predicted octanol–water partition coefficient (Wildman–Crippen LogP) is 2.09. The standard InChI is InChI=1S/C10H17N3S/c1-3-4-5-11-6-9-7-12-10(14-2)13-8-9/h7-8,11H,3-6H2,1-2H3. The third-order valence-corrected chi connectivity index (χ3v) is 2.48. The van der Waals surface area contributed by atoms with E-state index < -0.39 is 0 Å². The van der Waals surface area contributed by atoms with Crippen LogP contribution in [0.15, 0.2) is 17.6 Å². The summed E-state index contributed by atoms with van der Waals surface area (Å²) in [6.45, 7) is 4.13. The maximum Gasteiger partial charge on any atom is 0.187 e. The van der Waals surface area contributed by atoms with Crippen molar-refractivity contribution in [1.82, 2.24) is 15.3 Å². The number of hydrogen-bond donors (Lipinski definition) is 1. The largest absolute Gasteiger partial charge is 0.313 e. The van der Waals surface area contributed by atoms with Crippen molar-refractivity contribution in [2.75, 3.05) is 12.8 Å². The van der Waals surface area contributed by atoms with Crippen LogP contribution in [0.5, 0.6) is 0 Å². The molecule has 1 aromatic rings. The van der Waals surface area contributed by atoms with Gasteiger partial charge in [0.25, 0.3) is 0 Å². The van der Waals surface area contributed by atoms with Crippen LogP contribution in [0, 0.1) is 0 Å². The Bertz CT molecular complexity index is 248. The molecule has 1 rings (SSSR count). The van der Waals surface area contributed by atoms with Crippen molar-refractivity contribution in [3.63, 3.8) is 0 Å². The summed E-state index contributed by atoms with van der Waals surface area (Å²) in [5.74, 6) is 0. The average Bonchev–Trinajstić information content (AvgIpc) is 2.25. The molecular weight excluding hydrogens is 194 g/mol. The van der Waals surface area contributed by atoms with Gasteiger partial charge >= 0.3 is 0 Å². The molecule has 1 N–H and O–H groups in total. The van der Waals surface area contributed by atoms with E-state index in [1.807, 2.05) is 18.6 Å². The van der Waals surface area contributed by atoms with Gasteiger partial charge < -0.3 is 5.32 Å². The first-order valence-electron chi connectivity index (χ1n) is 4.92. The molecule has 78 valence electrons. The summed E-state index contributed by atoms with van der Waals surface area (Å²) in [5.41, 5.74) is 1.15. The molecule has 1 aromatic heterocycles. The van der Waals surface area contributed by atoms with Crippen molar-refractivity contribution in [2.45, 2.75) is 31.5 Å². The summed E-state index contributed by atoms with van der Waals surface area (Å²) in [7, 11) is 0. The van der Waals surface area contributed by atoms with Gasteiger partial charge in [-0.15, -0.1) is 0 Å². The second-order valence-electron chi connectivity index (χ2n) is 3.11. The highest BCUT2D eigenvalue weighted by Crippen LogP contribution is 2.06. The lowest BCUT2D eigenvalue weighted by Gasteiger charge is -2.03. The van der Waals surface area contributed by atoms with Crippen LogP contribution in [-0.2, 0) is 6.54 Å². The molecule has 0 radical (unpaired) electrons. The van der Waals surface area contributed by atoms with Crippen LogP contribution >= 0.6 is 11.8 Å². The lowest BCUT2D eigenvalue weighted by atomic mass is 10.3. The highest BCUT2D eigenvalue weighted by atomic mass is 32.2. The Kier molecular flexibility index (Phi) is 5.56. The van der Waals surface area contributed by atoms with Crippen LogP contribution in [0.3, 0.4) is 0 Å². The van der Waals surface area contributed by atoms with E-state index >= 15 is 0 Å². The Morgan fingerprint density at radius 3 is 2.64 bits per heavy atom. The van der Waals surface area contributed by atoms with Gasteiger partial charge in [-0.2, -0.15) is 0 Å². The summed E-state index contributed by atoms with van der Waals surface area (Å²) in [6, 6.07) is 0. The number of aromatic nitrogens is 2. The zero-order valence-electron chi connectivity index (χ0n) is 8.79. The number of nitrogens with one attached hydrogen (secondary N) is 1. The summed E-state index contributed by atoms with van der Waals surface area (Å²) in [5, 5.41) is 4.19. The molecule has 0 fully saturated rings. The Morgan fingerprint density at radius 1 is 1.36 bits per heavy atom. The van der Waals surface area contributed by atoms with E-state index in [0.717, 1.165) is 23.8 Å². The monoisotopic (exact) mass is 211 g/mol. The number of unbranched alkanes of at least 4 members (excludes halogenated alkanes) is 1. The van der Waals surface area contributed by atoms with E-state index in [4.69, 9.17) is 0 Å². The molecule has 0 spiro atoms. The molecule has 0 aromatic carbocycles. The summed E-state index contributed by atoms with van der Waals surface area (Å²) < 4.78 is 0. The molecule has 0 aliphatic rings. The van der Waals surface area contributed by atoms with Crippen LogP contribution in [-0.4, -0.2) is 22.8 Å². The number of nitrogens with zero attached hydrogens (tertiary/aromatic N) is 2. The Labute approximate surface area is 89.7 Å². The van der Waals surface area contributed by atoms with Crippen molar-refractivity contribution in [3.05, 3.63) is 18.0 Å². The fourth-order valence-electron chi connectivity index (χ4n) is 1.07. The van der Waals surface area contributed by atoms with Crippen molar-refractivity contribution >= 4 is 11.8 Å². The minimum absolute atomic E-state index is 0.835. The lowest BCUT2D eigenvalue weighted by Crippen LogP contribution is -2.14. The molecule has 14 heavy (non-hydrogen) atoms. The van der Waals surface area contributed by atoms with E-state index in [9.17, 15) is 0 Å². The topological polar surface area (TPSA) is 37.8 Å². The van der Waals surface area contributed by atoms with Gasteiger partial charge in [-0.1, -0.05) is 25.1 Å². The molecule has 0 unspecified atom stereocenters. The van der Waals surface area contributed by atoms with Crippen molar-refractivity contribution in [3.8, 4) is 0 Å². The van der Waals surface area contributed by atoms with E-state index in [-0.39, 0.29) is 0 Å². The lowest BCUT2D eigenvalue weighted by molar-refractivity contribution is 0.637. The molecule has 1 heterocycles. The molecule has 0 aliphatic heterocycles. The summed E-state index contributed by atoms with van der Waals surface area (Å²) >= 11 is 1.57. The molecule has 4 heteroatoms. The molecule has 3 nitrogen and oxygen atoms in total. The van der Waals surface area contributed by atoms with Gasteiger partial charge in [0, 0.05) is 24.5 Å². The average molecular weight is 211 g/mol. The first-order chi connectivity index (χ1) is 6.86. The van der Waals surface area contributed by atoms with Crippen LogP contribution in [0.25, 0.3) is 0 Å². The molecule has 0 amide bonds. The fourth-order valence-corrected chi connectivity index (χ4v) is 1.39. The van der Waals surface area contributed by atoms with Crippen molar-refractivity contribution < 1.29 is 0 Å². The number of rotatable bonds is 6. The van der Waals surface area contributed by atoms with Crippen molar-refractivity contribution in [1.29, 1.82) is 0 Å². The molecule has 0 saturated carbocycles. The van der Waals surface area contributed by atoms with Crippen LogP contribution in [0.2, 0.25) is 0 Å². The highest BCUT2D eigenvalue weighted by molar-refractivity contribution is 7.98. The Balaban J connectivity index is 2.29. The van der Waals surface area contributed by atoms with Gasteiger partial charge in [-0.25, -0.2) is 9.97 Å². The molecule has 0 atom stereocenters. The normalized spacial score (nSPS) is 10.4. The van der Waals surface area contributed by atoms with Crippen molar-refractivity contribution in [2.24, 2.45) is 0 Å². The number of thioether (sulfide) groups is 1. The van der Waals surface area contributed by atoms with Crippen LogP contribution in [0.1, 0.15) is 25.3 Å². The Hall–Kier alpha value is -0.610. The Morgan fingerprint density at radius 2 is 2.07 bits per heavy atom. The van der Waals surface area contributed by atoms with E-state index in [0.29, 0.717) is 0 Å². The summed E-state index contributed by atoms with van der Waals surface area (Å²) in [6.07, 6.45) is 8.21. The van der Waals surface area contributed by atoms with E-state index in [2.05, 4.69) is 22.2 Å². The van der Waals surface area contributed by atoms with Crippen LogP contribution < -0.4 is 5.32 Å². The molecular formula is C10H17N3S. The van der Waals surface area contributed by atoms with Gasteiger partial charge in [-0.3, -0.25) is 0 Å². The maximum atomic E-state index is 4.21. The van der Waals surface area contributed by atoms with Gasteiger partial charge in [0.15, 0.2) is 5.16 Å².